The Kier molecular flexibility index (Phi) is 5.53. The van der Waals surface area contributed by atoms with Crippen molar-refractivity contribution in [3.8, 4) is 0 Å². The summed E-state index contributed by atoms with van der Waals surface area (Å²) in [6.07, 6.45) is 1.18. The number of aromatic nitrogens is 1. The Morgan fingerprint density at radius 1 is 1.00 bits per heavy atom. The van der Waals surface area contributed by atoms with Gasteiger partial charge in [0.1, 0.15) is 5.76 Å². The minimum absolute atomic E-state index is 0.484. The molecule has 2 N–H and O–H groups in total. The van der Waals surface area contributed by atoms with E-state index in [0.29, 0.717) is 19.6 Å². The van der Waals surface area contributed by atoms with Crippen LogP contribution < -0.4 is 5.32 Å². The molecule has 0 aliphatic heterocycles. The monoisotopic (exact) mass is 572 g/mol. The van der Waals surface area contributed by atoms with E-state index in [1.807, 2.05) is 12.1 Å². The molecule has 0 aliphatic rings. The first-order chi connectivity index (χ1) is 12.6. The predicted molar refractivity (Wildman–Crippen MR) is 121 cm³/mol. The lowest BCUT2D eigenvalue weighted by Gasteiger charge is -2.14. The number of furan rings is 1. The number of halogens is 2. The maximum absolute atomic E-state index is 10.6. The lowest BCUT2D eigenvalue weighted by molar-refractivity contribution is 0.153. The molecular weight excluding hydrogens is 554 g/mol. The van der Waals surface area contributed by atoms with Gasteiger partial charge in [-0.05, 0) is 93.7 Å². The van der Waals surface area contributed by atoms with Gasteiger partial charge in [-0.25, -0.2) is 0 Å². The summed E-state index contributed by atoms with van der Waals surface area (Å²) in [7, 11) is 0. The summed E-state index contributed by atoms with van der Waals surface area (Å²) >= 11 is 4.70. The van der Waals surface area contributed by atoms with Crippen LogP contribution in [0.1, 0.15) is 5.76 Å². The zero-order valence-corrected chi connectivity index (χ0v) is 18.3. The van der Waals surface area contributed by atoms with Crippen molar-refractivity contribution in [1.82, 2.24) is 9.88 Å². The van der Waals surface area contributed by atoms with Crippen LogP contribution in [0.2, 0.25) is 0 Å². The van der Waals surface area contributed by atoms with Gasteiger partial charge in [0.25, 0.3) is 0 Å². The first-order valence-electron chi connectivity index (χ1n) is 8.40. The molecule has 0 aliphatic carbocycles. The fraction of sp³-hybridized carbons (Fsp3) is 0.200. The molecule has 0 radical (unpaired) electrons. The van der Waals surface area contributed by atoms with Gasteiger partial charge in [0.15, 0.2) is 0 Å². The third-order valence-corrected chi connectivity index (χ3v) is 5.78. The molecule has 2 aromatic heterocycles. The second-order valence-electron chi connectivity index (χ2n) is 6.30. The number of aliphatic hydroxyl groups excluding tert-OH is 1. The lowest BCUT2D eigenvalue weighted by atomic mass is 10.2. The van der Waals surface area contributed by atoms with Crippen molar-refractivity contribution in [3.05, 3.63) is 67.7 Å². The largest absolute Gasteiger partial charge is 0.468 e. The fourth-order valence-corrected chi connectivity index (χ4v) is 4.28. The van der Waals surface area contributed by atoms with Crippen molar-refractivity contribution < 1.29 is 9.52 Å². The van der Waals surface area contributed by atoms with E-state index in [1.165, 1.54) is 17.9 Å². The Bertz CT molecular complexity index is 982. The molecule has 1 unspecified atom stereocenters. The van der Waals surface area contributed by atoms with Crippen molar-refractivity contribution in [1.29, 1.82) is 0 Å². The third-order valence-electron chi connectivity index (χ3n) is 4.44. The molecule has 0 fully saturated rings. The molecule has 4 nitrogen and oxygen atoms in total. The van der Waals surface area contributed by atoms with E-state index in [-0.39, 0.29) is 0 Å². The number of nitrogens with one attached hydrogen (secondary N) is 1. The molecule has 6 heteroatoms. The van der Waals surface area contributed by atoms with Crippen LogP contribution in [0.3, 0.4) is 0 Å². The maximum atomic E-state index is 10.6. The summed E-state index contributed by atoms with van der Waals surface area (Å²) < 4.78 is 9.96. The van der Waals surface area contributed by atoms with Gasteiger partial charge in [-0.3, -0.25) is 0 Å². The number of benzene rings is 2. The molecule has 0 saturated heterocycles. The average molecular weight is 572 g/mol. The molecule has 4 aromatic rings. The number of rotatable bonds is 6. The highest BCUT2D eigenvalue weighted by Crippen LogP contribution is 2.31. The lowest BCUT2D eigenvalue weighted by Crippen LogP contribution is -2.29. The highest BCUT2D eigenvalue weighted by molar-refractivity contribution is 14.1. The Hall–Kier alpha value is -1.10. The van der Waals surface area contributed by atoms with E-state index in [0.717, 1.165) is 16.8 Å². The zero-order valence-electron chi connectivity index (χ0n) is 14.0. The van der Waals surface area contributed by atoms with E-state index < -0.39 is 6.10 Å². The second-order valence-corrected chi connectivity index (χ2v) is 8.79. The molecule has 134 valence electrons. The van der Waals surface area contributed by atoms with Gasteiger partial charge in [-0.2, -0.15) is 0 Å². The maximum Gasteiger partial charge on any atom is 0.117 e. The summed E-state index contributed by atoms with van der Waals surface area (Å²) in [6.45, 7) is 1.68. The van der Waals surface area contributed by atoms with Crippen molar-refractivity contribution >= 4 is 67.0 Å². The van der Waals surface area contributed by atoms with Gasteiger partial charge in [0.2, 0.25) is 0 Å². The first kappa shape index (κ1) is 18.3. The first-order valence-corrected chi connectivity index (χ1v) is 10.6. The minimum atomic E-state index is -0.484. The summed E-state index contributed by atoms with van der Waals surface area (Å²) in [5.74, 6) is 0.873. The average Bonchev–Trinajstić information content (AvgIpc) is 3.22. The Morgan fingerprint density at radius 2 is 1.65 bits per heavy atom. The SMILES string of the molecule is OC(CNCc1ccco1)Cn1c2ccc(I)cc2c2cc(I)ccc21. The normalized spacial score (nSPS) is 12.9. The number of aliphatic hydroxyl groups is 1. The molecule has 0 bridgehead atoms. The van der Waals surface area contributed by atoms with Crippen molar-refractivity contribution in [3.63, 3.8) is 0 Å². The molecular formula is C20H18I2N2O2. The topological polar surface area (TPSA) is 50.3 Å². The van der Waals surface area contributed by atoms with E-state index in [1.54, 1.807) is 6.26 Å². The second kappa shape index (κ2) is 7.87. The quantitative estimate of drug-likeness (QED) is 0.329. The smallest absolute Gasteiger partial charge is 0.117 e. The Labute approximate surface area is 178 Å². The summed E-state index contributed by atoms with van der Waals surface area (Å²) in [5, 5.41) is 16.3. The highest BCUT2D eigenvalue weighted by atomic mass is 127. The summed E-state index contributed by atoms with van der Waals surface area (Å²) in [5.41, 5.74) is 2.32. The summed E-state index contributed by atoms with van der Waals surface area (Å²) in [4.78, 5) is 0. The van der Waals surface area contributed by atoms with Crippen molar-refractivity contribution in [2.24, 2.45) is 0 Å². The Balaban J connectivity index is 1.60. The molecule has 26 heavy (non-hydrogen) atoms. The van der Waals surface area contributed by atoms with Crippen LogP contribution in [-0.2, 0) is 13.1 Å². The van der Waals surface area contributed by atoms with Gasteiger partial charge >= 0.3 is 0 Å². The molecule has 1 atom stereocenters. The van der Waals surface area contributed by atoms with Gasteiger partial charge < -0.3 is 19.4 Å². The molecule has 0 saturated carbocycles. The van der Waals surface area contributed by atoms with Crippen LogP contribution >= 0.6 is 45.2 Å². The third kappa shape index (κ3) is 3.78. The van der Waals surface area contributed by atoms with Crippen LogP contribution in [0.5, 0.6) is 0 Å². The van der Waals surface area contributed by atoms with E-state index in [2.05, 4.69) is 91.5 Å². The number of nitrogens with zero attached hydrogens (tertiary/aromatic N) is 1. The molecule has 2 heterocycles. The molecule has 0 spiro atoms. The van der Waals surface area contributed by atoms with Gasteiger partial charge in [-0.15, -0.1) is 0 Å². The summed E-state index contributed by atoms with van der Waals surface area (Å²) in [6, 6.07) is 16.7. The number of hydrogen-bond acceptors (Lipinski definition) is 3. The van der Waals surface area contributed by atoms with Crippen LogP contribution in [0, 0.1) is 7.14 Å². The van der Waals surface area contributed by atoms with Gasteiger partial charge in [-0.1, -0.05) is 0 Å². The fourth-order valence-electron chi connectivity index (χ4n) is 3.30. The molecule has 2 aromatic carbocycles. The minimum Gasteiger partial charge on any atom is -0.468 e. The predicted octanol–water partition coefficient (Wildman–Crippen LogP) is 4.75. The number of fused-ring (bicyclic) bond motifs is 3. The van der Waals surface area contributed by atoms with E-state index in [9.17, 15) is 5.11 Å². The van der Waals surface area contributed by atoms with Crippen LogP contribution in [-0.4, -0.2) is 22.3 Å². The van der Waals surface area contributed by atoms with Crippen molar-refractivity contribution in [2.45, 2.75) is 19.2 Å². The number of hydrogen-bond donors (Lipinski definition) is 2. The molecule has 4 rings (SSSR count). The molecule has 0 amide bonds. The van der Waals surface area contributed by atoms with Crippen molar-refractivity contribution in [2.75, 3.05) is 6.54 Å². The van der Waals surface area contributed by atoms with E-state index in [4.69, 9.17) is 4.42 Å². The Morgan fingerprint density at radius 3 is 2.23 bits per heavy atom. The standard InChI is InChI=1S/C20H18I2N2O2/c21-13-3-5-19-17(8-13)18-9-14(22)4-6-20(18)24(19)12-15(25)10-23-11-16-2-1-7-26-16/h1-9,15,23,25H,10-12H2. The zero-order chi connectivity index (χ0) is 18.1. The van der Waals surface area contributed by atoms with E-state index >= 15 is 0 Å². The van der Waals surface area contributed by atoms with Crippen LogP contribution in [0.15, 0.2) is 59.2 Å². The van der Waals surface area contributed by atoms with Crippen LogP contribution in [0.25, 0.3) is 21.8 Å². The van der Waals surface area contributed by atoms with Gasteiger partial charge in [0.05, 0.1) is 25.5 Å². The van der Waals surface area contributed by atoms with Crippen LogP contribution in [0.4, 0.5) is 0 Å². The van der Waals surface area contributed by atoms with Gasteiger partial charge in [0, 0.05) is 35.5 Å². The highest BCUT2D eigenvalue weighted by Gasteiger charge is 2.14.